The number of fused-ring (bicyclic) bond motifs is 2. The van der Waals surface area contributed by atoms with E-state index in [-0.39, 0.29) is 12.7 Å². The number of hydrogen-bond acceptors (Lipinski definition) is 7. The van der Waals surface area contributed by atoms with Crippen molar-refractivity contribution in [1.29, 1.82) is 0 Å². The molecule has 208 valence electrons. The third-order valence-electron chi connectivity index (χ3n) is 6.71. The van der Waals surface area contributed by atoms with Crippen molar-refractivity contribution in [1.82, 2.24) is 25.5 Å². The number of nitrogens with zero attached hydrogens (tertiary/aromatic N) is 4. The van der Waals surface area contributed by atoms with E-state index in [0.29, 0.717) is 30.4 Å². The Hall–Kier alpha value is -3.92. The Bertz CT molecular complexity index is 1580. The smallest absolute Gasteiger partial charge is 0.415 e. The second-order valence-electron chi connectivity index (χ2n) is 9.67. The van der Waals surface area contributed by atoms with Crippen LogP contribution in [0, 0.1) is 0 Å². The van der Waals surface area contributed by atoms with Gasteiger partial charge in [0.2, 0.25) is 0 Å². The van der Waals surface area contributed by atoms with Crippen molar-refractivity contribution in [2.45, 2.75) is 59.1 Å². The van der Waals surface area contributed by atoms with Crippen LogP contribution in [-0.2, 0) is 19.6 Å². The van der Waals surface area contributed by atoms with Gasteiger partial charge >= 0.3 is 6.09 Å². The molecule has 0 aliphatic rings. The highest BCUT2D eigenvalue weighted by atomic mass is 79.9. The molecule has 2 aromatic heterocycles. The summed E-state index contributed by atoms with van der Waals surface area (Å²) in [5.74, 6) is 2.49. The number of rotatable bonds is 12. The minimum atomic E-state index is -0.371. The first-order valence-electron chi connectivity index (χ1n) is 13.6. The van der Waals surface area contributed by atoms with Gasteiger partial charge in [0.15, 0.2) is 11.6 Å². The van der Waals surface area contributed by atoms with Gasteiger partial charge in [0.25, 0.3) is 0 Å². The van der Waals surface area contributed by atoms with Gasteiger partial charge in [-0.3, -0.25) is 0 Å². The van der Waals surface area contributed by atoms with Crippen molar-refractivity contribution in [3.8, 4) is 11.5 Å². The van der Waals surface area contributed by atoms with Gasteiger partial charge in [-0.15, -0.1) is 5.10 Å². The molecule has 0 radical (unpaired) electrons. The molecule has 0 saturated carbocycles. The van der Waals surface area contributed by atoms with Crippen LogP contribution < -0.4 is 9.47 Å². The number of aromatic amines is 1. The highest BCUT2D eigenvalue weighted by molar-refractivity contribution is 9.10. The number of halogens is 1. The van der Waals surface area contributed by atoms with Crippen molar-refractivity contribution in [3.63, 3.8) is 0 Å². The van der Waals surface area contributed by atoms with E-state index in [9.17, 15) is 4.79 Å². The lowest BCUT2D eigenvalue weighted by molar-refractivity contribution is 0.148. The van der Waals surface area contributed by atoms with Crippen LogP contribution >= 0.6 is 15.9 Å². The number of carbonyl (C=O) groups is 1. The Kier molecular flexibility index (Phi) is 8.95. The molecule has 0 saturated heterocycles. The van der Waals surface area contributed by atoms with Gasteiger partial charge in [-0.2, -0.15) is 0 Å². The third kappa shape index (κ3) is 6.28. The van der Waals surface area contributed by atoms with Gasteiger partial charge in [0.1, 0.15) is 23.7 Å². The molecular weight excluding hydrogens is 574 g/mol. The standard InChI is InChI=1S/C30H32BrN5O4/c1-3-5-10-26-29(23-9-7-8-11-24(23)39-26)40-30(37)36(16-6-4-2)18-20-12-14-22-21(17-20)13-15-25(28(22)31)38-19-27-32-34-35-33-27/h7-9,11-15,17H,3-6,10,16,18-19H2,1-2H3,(H,32,33,34,35). The summed E-state index contributed by atoms with van der Waals surface area (Å²) in [5, 5.41) is 16.5. The SMILES string of the molecule is CCCCc1oc2ccccc2c1OC(=O)N(CCCC)Cc1ccc2c(Br)c(OCc3nnn[nH]3)ccc2c1. The maximum Gasteiger partial charge on any atom is 0.415 e. The van der Waals surface area contributed by atoms with E-state index in [0.717, 1.165) is 69.6 Å². The van der Waals surface area contributed by atoms with Gasteiger partial charge < -0.3 is 18.8 Å². The molecule has 0 aliphatic carbocycles. The van der Waals surface area contributed by atoms with E-state index in [2.05, 4.69) is 56.5 Å². The van der Waals surface area contributed by atoms with Crippen molar-refractivity contribution in [2.24, 2.45) is 0 Å². The molecular formula is C30H32BrN5O4. The predicted octanol–water partition coefficient (Wildman–Crippen LogP) is 7.58. The van der Waals surface area contributed by atoms with Crippen LogP contribution in [-0.4, -0.2) is 38.2 Å². The molecule has 10 heteroatoms. The van der Waals surface area contributed by atoms with Crippen LogP contribution in [0.5, 0.6) is 11.5 Å². The zero-order valence-electron chi connectivity index (χ0n) is 22.7. The highest BCUT2D eigenvalue weighted by Crippen LogP contribution is 2.36. The maximum atomic E-state index is 13.5. The molecule has 0 bridgehead atoms. The van der Waals surface area contributed by atoms with Gasteiger partial charge in [-0.25, -0.2) is 9.89 Å². The number of benzene rings is 3. The molecule has 1 amide bonds. The first-order valence-corrected chi connectivity index (χ1v) is 14.4. The molecule has 0 fully saturated rings. The van der Waals surface area contributed by atoms with Crippen molar-refractivity contribution in [2.75, 3.05) is 6.54 Å². The Balaban J connectivity index is 1.35. The number of hydrogen-bond donors (Lipinski definition) is 1. The van der Waals surface area contributed by atoms with Gasteiger partial charge in [0.05, 0.1) is 9.86 Å². The lowest BCUT2D eigenvalue weighted by Gasteiger charge is -2.22. The third-order valence-corrected chi connectivity index (χ3v) is 7.53. The molecule has 2 heterocycles. The van der Waals surface area contributed by atoms with E-state index >= 15 is 0 Å². The zero-order chi connectivity index (χ0) is 27.9. The monoisotopic (exact) mass is 605 g/mol. The average molecular weight is 607 g/mol. The number of para-hydroxylation sites is 1. The molecule has 0 unspecified atom stereocenters. The summed E-state index contributed by atoms with van der Waals surface area (Å²) >= 11 is 3.68. The van der Waals surface area contributed by atoms with E-state index < -0.39 is 0 Å². The Labute approximate surface area is 241 Å². The number of H-pyrrole nitrogens is 1. The molecule has 0 atom stereocenters. The molecule has 3 aromatic carbocycles. The van der Waals surface area contributed by atoms with Crippen LogP contribution in [0.1, 0.15) is 56.7 Å². The summed E-state index contributed by atoms with van der Waals surface area (Å²) in [6.45, 7) is 5.51. The van der Waals surface area contributed by atoms with Crippen molar-refractivity contribution in [3.05, 3.63) is 76.2 Å². The predicted molar refractivity (Wildman–Crippen MR) is 156 cm³/mol. The van der Waals surface area contributed by atoms with Crippen LogP contribution in [0.3, 0.4) is 0 Å². The highest BCUT2D eigenvalue weighted by Gasteiger charge is 2.22. The molecule has 0 spiro atoms. The summed E-state index contributed by atoms with van der Waals surface area (Å²) < 4.78 is 18.8. The fourth-order valence-electron chi connectivity index (χ4n) is 4.56. The lowest BCUT2D eigenvalue weighted by Crippen LogP contribution is -2.34. The fraction of sp³-hybridized carbons (Fsp3) is 0.333. The summed E-state index contributed by atoms with van der Waals surface area (Å²) in [6, 6.07) is 17.8. The first-order chi connectivity index (χ1) is 19.6. The number of furan rings is 1. The van der Waals surface area contributed by atoms with Crippen LogP contribution in [0.25, 0.3) is 21.7 Å². The van der Waals surface area contributed by atoms with Crippen molar-refractivity contribution < 1.29 is 18.7 Å². The number of carbonyl (C=O) groups excluding carboxylic acids is 1. The Morgan fingerprint density at radius 2 is 1.90 bits per heavy atom. The molecule has 5 rings (SSSR count). The minimum absolute atomic E-state index is 0.232. The molecule has 0 aliphatic heterocycles. The van der Waals surface area contributed by atoms with Gasteiger partial charge in [0, 0.05) is 19.5 Å². The van der Waals surface area contributed by atoms with Crippen LogP contribution in [0.4, 0.5) is 4.79 Å². The molecule has 40 heavy (non-hydrogen) atoms. The largest absolute Gasteiger partial charge is 0.484 e. The average Bonchev–Trinajstić information content (AvgIpc) is 3.62. The quantitative estimate of drug-likeness (QED) is 0.156. The normalized spacial score (nSPS) is 11.3. The number of aromatic nitrogens is 4. The van der Waals surface area contributed by atoms with E-state index in [1.54, 1.807) is 4.90 Å². The summed E-state index contributed by atoms with van der Waals surface area (Å²) in [6.07, 6.45) is 4.19. The molecule has 5 aromatic rings. The number of ether oxygens (including phenoxy) is 2. The maximum absolute atomic E-state index is 13.5. The topological polar surface area (TPSA) is 106 Å². The second-order valence-corrected chi connectivity index (χ2v) is 10.5. The zero-order valence-corrected chi connectivity index (χ0v) is 24.2. The fourth-order valence-corrected chi connectivity index (χ4v) is 5.17. The molecule has 9 nitrogen and oxygen atoms in total. The number of nitrogens with one attached hydrogen (secondary N) is 1. The first kappa shape index (κ1) is 27.6. The Morgan fingerprint density at radius 3 is 2.70 bits per heavy atom. The number of tetrazole rings is 1. The van der Waals surface area contributed by atoms with Crippen molar-refractivity contribution >= 4 is 43.8 Å². The summed E-state index contributed by atoms with van der Waals surface area (Å²) in [4.78, 5) is 15.3. The minimum Gasteiger partial charge on any atom is -0.484 e. The van der Waals surface area contributed by atoms with Crippen LogP contribution in [0.2, 0.25) is 0 Å². The van der Waals surface area contributed by atoms with Crippen LogP contribution in [0.15, 0.2) is 63.5 Å². The summed E-state index contributed by atoms with van der Waals surface area (Å²) in [5.41, 5.74) is 1.74. The molecule has 1 N–H and O–H groups in total. The van der Waals surface area contributed by atoms with E-state index in [4.69, 9.17) is 13.9 Å². The van der Waals surface area contributed by atoms with Gasteiger partial charge in [-0.05, 0) is 79.8 Å². The van der Waals surface area contributed by atoms with E-state index in [1.807, 2.05) is 48.5 Å². The summed E-state index contributed by atoms with van der Waals surface area (Å²) in [7, 11) is 0. The lowest BCUT2D eigenvalue weighted by atomic mass is 10.1. The second kappa shape index (κ2) is 13.0. The number of amides is 1. The van der Waals surface area contributed by atoms with Gasteiger partial charge in [-0.1, -0.05) is 57.0 Å². The van der Waals surface area contributed by atoms with E-state index in [1.165, 1.54) is 0 Å². The number of aryl methyl sites for hydroxylation is 1. The Morgan fingerprint density at radius 1 is 1.05 bits per heavy atom. The number of unbranched alkanes of at least 4 members (excludes halogenated alkanes) is 2.